The third kappa shape index (κ3) is 6.40. The van der Waals surface area contributed by atoms with Gasteiger partial charge in [-0.3, -0.25) is 0 Å². The van der Waals surface area contributed by atoms with Crippen LogP contribution in [0.4, 0.5) is 13.2 Å². The summed E-state index contributed by atoms with van der Waals surface area (Å²) < 4.78 is 38.2. The molecule has 3 aromatic carbocycles. The van der Waals surface area contributed by atoms with E-state index in [9.17, 15) is 13.2 Å². The van der Waals surface area contributed by atoms with E-state index < -0.39 is 11.7 Å². The van der Waals surface area contributed by atoms with Gasteiger partial charge in [0.1, 0.15) is 0 Å². The van der Waals surface area contributed by atoms with Crippen LogP contribution in [0.5, 0.6) is 0 Å². The van der Waals surface area contributed by atoms with Crippen LogP contribution >= 0.6 is 11.8 Å². The minimum atomic E-state index is -4.33. The number of alkyl halides is 3. The maximum atomic E-state index is 12.7. The molecule has 0 saturated carbocycles. The summed E-state index contributed by atoms with van der Waals surface area (Å²) in [6.45, 7) is 5.99. The van der Waals surface area contributed by atoms with Crippen molar-refractivity contribution >= 4 is 11.8 Å². The monoisotopic (exact) mass is 413 g/mol. The molecule has 0 radical (unpaired) electrons. The van der Waals surface area contributed by atoms with Crippen LogP contribution in [0.3, 0.4) is 0 Å². The number of hydrogen-bond acceptors (Lipinski definition) is 2. The highest BCUT2D eigenvalue weighted by atomic mass is 32.2. The Hall–Kier alpha value is -2.71. The molecular weight excluding hydrogens is 391 g/mol. The molecule has 5 heteroatoms. The molecule has 0 N–H and O–H groups in total. The van der Waals surface area contributed by atoms with Gasteiger partial charge in [-0.2, -0.15) is 18.4 Å². The molecular formula is C24H22F3NS. The molecule has 0 saturated heterocycles. The molecule has 0 atom stereocenters. The van der Waals surface area contributed by atoms with Crippen LogP contribution in [-0.4, -0.2) is 0 Å². The predicted molar refractivity (Wildman–Crippen MR) is 113 cm³/mol. The van der Waals surface area contributed by atoms with Crippen LogP contribution in [0.25, 0.3) is 11.1 Å². The van der Waals surface area contributed by atoms with Gasteiger partial charge in [0.15, 0.2) is 0 Å². The summed E-state index contributed by atoms with van der Waals surface area (Å²) in [6.07, 6.45) is -3.97. The van der Waals surface area contributed by atoms with Gasteiger partial charge in [-0.15, -0.1) is 0 Å². The summed E-state index contributed by atoms with van der Waals surface area (Å²) in [5, 5.41) is 8.90. The van der Waals surface area contributed by atoms with Gasteiger partial charge in [-0.25, -0.2) is 0 Å². The molecule has 0 heterocycles. The molecule has 0 unspecified atom stereocenters. The smallest absolute Gasteiger partial charge is 0.198 e. The summed E-state index contributed by atoms with van der Waals surface area (Å²) in [4.78, 5) is 2.02. The lowest BCUT2D eigenvalue weighted by Crippen LogP contribution is -2.03. The SMILES string of the molecule is CC.Cc1cc(CC#N)cc(Sc2cccc(-c3ccc(C(F)(F)F)cc3)c2)c1. The van der Waals surface area contributed by atoms with Crippen molar-refractivity contribution < 1.29 is 13.2 Å². The van der Waals surface area contributed by atoms with Gasteiger partial charge in [0.25, 0.3) is 0 Å². The molecule has 3 aromatic rings. The summed E-state index contributed by atoms with van der Waals surface area (Å²) in [5.74, 6) is 0. The fraction of sp³-hybridized carbons (Fsp3) is 0.208. The number of rotatable bonds is 4. The van der Waals surface area contributed by atoms with Crippen LogP contribution < -0.4 is 0 Å². The largest absolute Gasteiger partial charge is 0.416 e. The first kappa shape index (κ1) is 22.6. The number of nitrogens with zero attached hydrogens (tertiary/aromatic N) is 1. The van der Waals surface area contributed by atoms with E-state index in [1.165, 1.54) is 12.1 Å². The van der Waals surface area contributed by atoms with E-state index in [-0.39, 0.29) is 0 Å². The fourth-order valence-electron chi connectivity index (χ4n) is 2.80. The lowest BCUT2D eigenvalue weighted by Gasteiger charge is -2.09. The van der Waals surface area contributed by atoms with E-state index >= 15 is 0 Å². The molecule has 0 spiro atoms. The Bertz CT molecular complexity index is 986. The lowest BCUT2D eigenvalue weighted by molar-refractivity contribution is -0.137. The van der Waals surface area contributed by atoms with Crippen molar-refractivity contribution in [2.75, 3.05) is 0 Å². The molecule has 29 heavy (non-hydrogen) atoms. The van der Waals surface area contributed by atoms with Gasteiger partial charge in [0.05, 0.1) is 18.1 Å². The van der Waals surface area contributed by atoms with Crippen LogP contribution in [-0.2, 0) is 12.6 Å². The molecule has 3 rings (SSSR count). The summed E-state index contributed by atoms with van der Waals surface area (Å²) in [7, 11) is 0. The van der Waals surface area contributed by atoms with E-state index in [1.54, 1.807) is 11.8 Å². The standard InChI is InChI=1S/C22H16F3NS.C2H6/c1-15-11-16(9-10-26)13-21(12-15)27-20-4-2-3-18(14-20)17-5-7-19(8-6-17)22(23,24)25;1-2/h2-8,11-14H,9H2,1H3;1-2H3. The third-order valence-electron chi connectivity index (χ3n) is 4.01. The molecule has 0 aromatic heterocycles. The molecule has 0 aliphatic carbocycles. The van der Waals surface area contributed by atoms with Gasteiger partial charge in [-0.1, -0.05) is 55.9 Å². The van der Waals surface area contributed by atoms with Crippen molar-refractivity contribution in [1.29, 1.82) is 5.26 Å². The second-order valence-corrected chi connectivity index (χ2v) is 7.34. The lowest BCUT2D eigenvalue weighted by atomic mass is 10.0. The van der Waals surface area contributed by atoms with Gasteiger partial charge in [-0.05, 0) is 65.6 Å². The van der Waals surface area contributed by atoms with Crippen molar-refractivity contribution in [3.8, 4) is 17.2 Å². The number of aryl methyl sites for hydroxylation is 1. The van der Waals surface area contributed by atoms with E-state index in [2.05, 4.69) is 12.1 Å². The zero-order valence-electron chi connectivity index (χ0n) is 16.5. The Balaban J connectivity index is 0.00000145. The Kier molecular flexibility index (Phi) is 7.92. The van der Waals surface area contributed by atoms with Gasteiger partial charge in [0, 0.05) is 9.79 Å². The third-order valence-corrected chi connectivity index (χ3v) is 4.97. The average Bonchev–Trinajstić information content (AvgIpc) is 2.69. The van der Waals surface area contributed by atoms with Crippen molar-refractivity contribution in [3.63, 3.8) is 0 Å². The van der Waals surface area contributed by atoms with Gasteiger partial charge >= 0.3 is 6.18 Å². The van der Waals surface area contributed by atoms with Crippen molar-refractivity contribution in [2.24, 2.45) is 0 Å². The maximum Gasteiger partial charge on any atom is 0.416 e. The van der Waals surface area contributed by atoms with Gasteiger partial charge < -0.3 is 0 Å². The van der Waals surface area contributed by atoms with E-state index in [0.29, 0.717) is 6.42 Å². The van der Waals surface area contributed by atoms with Crippen LogP contribution in [0, 0.1) is 18.3 Å². The molecule has 150 valence electrons. The number of benzene rings is 3. The summed E-state index contributed by atoms with van der Waals surface area (Å²) >= 11 is 1.57. The average molecular weight is 414 g/mol. The Labute approximate surface area is 174 Å². The molecule has 0 amide bonds. The topological polar surface area (TPSA) is 23.8 Å². The molecule has 0 bridgehead atoms. The van der Waals surface area contributed by atoms with E-state index in [4.69, 9.17) is 5.26 Å². The normalized spacial score (nSPS) is 10.7. The first-order chi connectivity index (χ1) is 13.8. The summed E-state index contributed by atoms with van der Waals surface area (Å²) in [5.41, 5.74) is 3.00. The number of halogens is 3. The Morgan fingerprint density at radius 3 is 2.17 bits per heavy atom. The number of nitriles is 1. The fourth-order valence-corrected chi connectivity index (χ4v) is 3.86. The Morgan fingerprint density at radius 2 is 1.55 bits per heavy atom. The molecule has 1 nitrogen and oxygen atoms in total. The molecule has 0 fully saturated rings. The quantitative estimate of drug-likeness (QED) is 0.434. The maximum absolute atomic E-state index is 12.7. The highest BCUT2D eigenvalue weighted by Gasteiger charge is 2.29. The zero-order valence-corrected chi connectivity index (χ0v) is 17.4. The van der Waals surface area contributed by atoms with Crippen LogP contribution in [0.15, 0.2) is 76.5 Å². The minimum absolute atomic E-state index is 0.362. The second kappa shape index (κ2) is 10.2. The van der Waals surface area contributed by atoms with Crippen molar-refractivity contribution in [3.05, 3.63) is 83.4 Å². The van der Waals surface area contributed by atoms with Crippen LogP contribution in [0.2, 0.25) is 0 Å². The first-order valence-electron chi connectivity index (χ1n) is 9.28. The Morgan fingerprint density at radius 1 is 0.862 bits per heavy atom. The first-order valence-corrected chi connectivity index (χ1v) is 10.1. The molecule has 0 aliphatic heterocycles. The number of hydrogen-bond donors (Lipinski definition) is 0. The predicted octanol–water partition coefficient (Wildman–Crippen LogP) is 7.92. The van der Waals surface area contributed by atoms with Crippen molar-refractivity contribution in [1.82, 2.24) is 0 Å². The second-order valence-electron chi connectivity index (χ2n) is 6.19. The van der Waals surface area contributed by atoms with E-state index in [1.807, 2.05) is 57.2 Å². The highest BCUT2D eigenvalue weighted by molar-refractivity contribution is 7.99. The minimum Gasteiger partial charge on any atom is -0.198 e. The van der Waals surface area contributed by atoms with Crippen LogP contribution in [0.1, 0.15) is 30.5 Å². The van der Waals surface area contributed by atoms with Crippen molar-refractivity contribution in [2.45, 2.75) is 43.2 Å². The van der Waals surface area contributed by atoms with E-state index in [0.717, 1.165) is 44.2 Å². The highest BCUT2D eigenvalue weighted by Crippen LogP contribution is 2.34. The van der Waals surface area contributed by atoms with Gasteiger partial charge in [0.2, 0.25) is 0 Å². The zero-order chi connectivity index (χ0) is 21.4. The summed E-state index contributed by atoms with van der Waals surface area (Å²) in [6, 6.07) is 21.1. The molecule has 0 aliphatic rings.